The molecule has 3 amide bonds. The molecule has 0 aromatic heterocycles. The van der Waals surface area contributed by atoms with E-state index >= 15 is 0 Å². The van der Waals surface area contributed by atoms with E-state index in [1.807, 2.05) is 46.6 Å². The lowest BCUT2D eigenvalue weighted by Crippen LogP contribution is -2.45. The van der Waals surface area contributed by atoms with Crippen LogP contribution in [-0.4, -0.2) is 98.2 Å². The summed E-state index contributed by atoms with van der Waals surface area (Å²) >= 11 is 0. The highest BCUT2D eigenvalue weighted by molar-refractivity contribution is 5.88. The van der Waals surface area contributed by atoms with Crippen LogP contribution in [0.1, 0.15) is 54.4 Å². The fraction of sp³-hybridized carbons (Fsp3) is 0.850. The number of carbonyl (C=O) groups is 3. The molecule has 0 atom stereocenters. The Bertz CT molecular complexity index is 403. The zero-order valence-corrected chi connectivity index (χ0v) is 19.5. The van der Waals surface area contributed by atoms with Crippen LogP contribution < -0.4 is 0 Å². The summed E-state index contributed by atoms with van der Waals surface area (Å²) in [7, 11) is 6.79. The van der Waals surface area contributed by atoms with Crippen molar-refractivity contribution in [3.8, 4) is 0 Å². The molecule has 27 heavy (non-hydrogen) atoms. The van der Waals surface area contributed by atoms with Gasteiger partial charge in [-0.3, -0.25) is 19.3 Å². The molecule has 0 radical (unpaired) electrons. The van der Waals surface area contributed by atoms with Gasteiger partial charge in [0.05, 0.1) is 19.6 Å². The minimum Gasteiger partial charge on any atom is -0.344 e. The minimum absolute atomic E-state index is 0.0150. The van der Waals surface area contributed by atoms with Gasteiger partial charge in [-0.1, -0.05) is 48.0 Å². The molecular weight excluding hydrogens is 344 g/mol. The SMILES string of the molecule is CC.CC.CCCCN(C)C(=O)CN(C)C(=O)CN(C)C(=O)CN(C)CC. The zero-order chi connectivity index (χ0) is 22.0. The Kier molecular flexibility index (Phi) is 21.3. The monoisotopic (exact) mass is 388 g/mol. The predicted molar refractivity (Wildman–Crippen MR) is 114 cm³/mol. The van der Waals surface area contributed by atoms with Gasteiger partial charge in [0, 0.05) is 27.7 Å². The van der Waals surface area contributed by atoms with Crippen LogP contribution in [0.2, 0.25) is 0 Å². The molecule has 0 aliphatic carbocycles. The molecule has 0 unspecified atom stereocenters. The predicted octanol–water partition coefficient (Wildman–Crippen LogP) is 2.17. The number of nitrogens with zero attached hydrogens (tertiary/aromatic N) is 4. The van der Waals surface area contributed by atoms with Crippen molar-refractivity contribution in [3.05, 3.63) is 0 Å². The van der Waals surface area contributed by atoms with Gasteiger partial charge in [0.1, 0.15) is 0 Å². The Morgan fingerprint density at radius 3 is 1.37 bits per heavy atom. The number of hydrogen-bond donors (Lipinski definition) is 0. The van der Waals surface area contributed by atoms with Crippen LogP contribution in [0.3, 0.4) is 0 Å². The summed E-state index contributed by atoms with van der Waals surface area (Å²) < 4.78 is 0. The van der Waals surface area contributed by atoms with Gasteiger partial charge in [0.25, 0.3) is 0 Å². The summed E-state index contributed by atoms with van der Waals surface area (Å²) in [5.74, 6) is -0.436. The van der Waals surface area contributed by atoms with E-state index in [1.165, 1.54) is 9.80 Å². The summed E-state index contributed by atoms with van der Waals surface area (Å²) in [5, 5.41) is 0. The Morgan fingerprint density at radius 2 is 1.00 bits per heavy atom. The first-order valence-electron chi connectivity index (χ1n) is 10.1. The molecule has 0 aliphatic heterocycles. The van der Waals surface area contributed by atoms with E-state index < -0.39 is 0 Å². The molecule has 0 fully saturated rings. The first-order valence-corrected chi connectivity index (χ1v) is 10.1. The van der Waals surface area contributed by atoms with Gasteiger partial charge in [-0.05, 0) is 20.0 Å². The number of hydrogen-bond acceptors (Lipinski definition) is 4. The van der Waals surface area contributed by atoms with Crippen LogP contribution in [0.4, 0.5) is 0 Å². The summed E-state index contributed by atoms with van der Waals surface area (Å²) in [6.45, 7) is 13.8. The van der Waals surface area contributed by atoms with Crippen molar-refractivity contribution in [2.24, 2.45) is 0 Å². The Hall–Kier alpha value is -1.63. The standard InChI is InChI=1S/C16H32N4O3.2C2H6/c1-7-9-10-18(4)15(22)12-20(6)16(23)13-19(5)14(21)11-17(3)8-2;2*1-2/h7-13H2,1-6H3;2*1-2H3. The van der Waals surface area contributed by atoms with Crippen molar-refractivity contribution >= 4 is 17.7 Å². The highest BCUT2D eigenvalue weighted by Crippen LogP contribution is 1.97. The maximum absolute atomic E-state index is 12.1. The second kappa shape index (κ2) is 19.1. The fourth-order valence-electron chi connectivity index (χ4n) is 1.81. The number of rotatable bonds is 10. The van der Waals surface area contributed by atoms with E-state index in [0.29, 0.717) is 6.54 Å². The number of unbranched alkanes of at least 4 members (excludes halogenated alkanes) is 1. The van der Waals surface area contributed by atoms with E-state index in [9.17, 15) is 14.4 Å². The lowest BCUT2D eigenvalue weighted by molar-refractivity contribution is -0.142. The number of carbonyl (C=O) groups excluding carboxylic acids is 3. The number of amides is 3. The van der Waals surface area contributed by atoms with E-state index in [2.05, 4.69) is 6.92 Å². The topological polar surface area (TPSA) is 64.2 Å². The minimum atomic E-state index is -0.239. The summed E-state index contributed by atoms with van der Waals surface area (Å²) in [4.78, 5) is 42.4. The summed E-state index contributed by atoms with van der Waals surface area (Å²) in [5.41, 5.74) is 0. The molecule has 0 aromatic carbocycles. The summed E-state index contributed by atoms with van der Waals surface area (Å²) in [6.07, 6.45) is 1.97. The van der Waals surface area contributed by atoms with Crippen LogP contribution in [-0.2, 0) is 14.4 Å². The second-order valence-electron chi connectivity index (χ2n) is 6.00. The Labute approximate surface area is 167 Å². The van der Waals surface area contributed by atoms with Crippen molar-refractivity contribution in [1.29, 1.82) is 0 Å². The van der Waals surface area contributed by atoms with Gasteiger partial charge < -0.3 is 14.7 Å². The molecule has 162 valence electrons. The maximum Gasteiger partial charge on any atom is 0.242 e. The molecule has 0 spiro atoms. The third-order valence-electron chi connectivity index (χ3n) is 3.81. The van der Waals surface area contributed by atoms with Crippen molar-refractivity contribution < 1.29 is 14.4 Å². The van der Waals surface area contributed by atoms with Gasteiger partial charge in [0.15, 0.2) is 0 Å². The molecule has 0 saturated heterocycles. The average molecular weight is 389 g/mol. The molecule has 0 rings (SSSR count). The van der Waals surface area contributed by atoms with Crippen LogP contribution in [0.15, 0.2) is 0 Å². The molecule has 0 aromatic rings. The van der Waals surface area contributed by atoms with E-state index in [1.54, 1.807) is 26.0 Å². The quantitative estimate of drug-likeness (QED) is 0.575. The van der Waals surface area contributed by atoms with Crippen LogP contribution >= 0.6 is 0 Å². The smallest absolute Gasteiger partial charge is 0.242 e. The maximum atomic E-state index is 12.1. The average Bonchev–Trinajstić information content (AvgIpc) is 2.68. The van der Waals surface area contributed by atoms with Gasteiger partial charge in [0.2, 0.25) is 17.7 Å². The molecule has 0 saturated carbocycles. The van der Waals surface area contributed by atoms with E-state index in [4.69, 9.17) is 0 Å². The molecule has 7 nitrogen and oxygen atoms in total. The van der Waals surface area contributed by atoms with Gasteiger partial charge in [-0.2, -0.15) is 0 Å². The first-order chi connectivity index (χ1) is 12.7. The van der Waals surface area contributed by atoms with Crippen LogP contribution in [0.5, 0.6) is 0 Å². The Morgan fingerprint density at radius 1 is 0.630 bits per heavy atom. The number of likely N-dealkylation sites (N-methyl/N-ethyl adjacent to an activating group) is 4. The third-order valence-corrected chi connectivity index (χ3v) is 3.81. The lowest BCUT2D eigenvalue weighted by atomic mass is 10.3. The first kappa shape index (κ1) is 30.1. The molecule has 0 aliphatic rings. The molecule has 0 heterocycles. The second-order valence-corrected chi connectivity index (χ2v) is 6.00. The fourth-order valence-corrected chi connectivity index (χ4v) is 1.81. The summed E-state index contributed by atoms with van der Waals surface area (Å²) in [6, 6.07) is 0. The molecule has 7 heteroatoms. The van der Waals surface area contributed by atoms with Crippen molar-refractivity contribution in [1.82, 2.24) is 19.6 Å². The van der Waals surface area contributed by atoms with Crippen LogP contribution in [0, 0.1) is 0 Å². The van der Waals surface area contributed by atoms with Crippen LogP contribution in [0.25, 0.3) is 0 Å². The largest absolute Gasteiger partial charge is 0.344 e. The molecule has 0 bridgehead atoms. The van der Waals surface area contributed by atoms with E-state index in [-0.39, 0.29) is 37.4 Å². The molecule has 0 N–H and O–H groups in total. The highest BCUT2D eigenvalue weighted by atomic mass is 16.2. The van der Waals surface area contributed by atoms with Crippen molar-refractivity contribution in [2.75, 3.05) is 60.9 Å². The van der Waals surface area contributed by atoms with Crippen molar-refractivity contribution in [2.45, 2.75) is 54.4 Å². The Balaban J connectivity index is -0.00000134. The zero-order valence-electron chi connectivity index (χ0n) is 19.5. The third kappa shape index (κ3) is 15.2. The normalized spacial score (nSPS) is 9.44. The van der Waals surface area contributed by atoms with Gasteiger partial charge in [-0.25, -0.2) is 0 Å². The van der Waals surface area contributed by atoms with Gasteiger partial charge in [-0.15, -0.1) is 0 Å². The molecular formula is C20H44N4O3. The van der Waals surface area contributed by atoms with E-state index in [0.717, 1.165) is 19.4 Å². The lowest BCUT2D eigenvalue weighted by Gasteiger charge is -2.25. The van der Waals surface area contributed by atoms with Gasteiger partial charge >= 0.3 is 0 Å². The van der Waals surface area contributed by atoms with Crippen molar-refractivity contribution in [3.63, 3.8) is 0 Å². The highest BCUT2D eigenvalue weighted by Gasteiger charge is 2.19.